The van der Waals surface area contributed by atoms with E-state index in [9.17, 15) is 24.3 Å². The lowest BCUT2D eigenvalue weighted by atomic mass is 9.68. The van der Waals surface area contributed by atoms with Crippen molar-refractivity contribution in [2.24, 2.45) is 29.6 Å². The van der Waals surface area contributed by atoms with Gasteiger partial charge in [0.05, 0.1) is 23.3 Å². The standard InChI is InChI=1S/C22H20N2O6S2/c25-9-3-1-8(2-4-9)13-14-10-7-11(17(14)31-19-18(13)32-22(30)23-19)16-15(10)20(28)24(21(16)29)6-5-12(26)27/h1-4,10-11,13-17,25H,5-7H2,(H,23,30)(H,26,27)/t10-,11+,13+,14+,15+,16+,17-/m0/s1. The Labute approximate surface area is 190 Å². The van der Waals surface area contributed by atoms with Crippen molar-refractivity contribution in [2.75, 3.05) is 6.54 Å². The number of amides is 2. The molecule has 32 heavy (non-hydrogen) atoms. The number of aromatic hydroxyl groups is 1. The van der Waals surface area contributed by atoms with Gasteiger partial charge in [0, 0.05) is 22.6 Å². The maximum Gasteiger partial charge on any atom is 0.305 e. The van der Waals surface area contributed by atoms with Gasteiger partial charge in [-0.2, -0.15) is 0 Å². The van der Waals surface area contributed by atoms with E-state index < -0.39 is 17.8 Å². The lowest BCUT2D eigenvalue weighted by Crippen LogP contribution is -2.42. The van der Waals surface area contributed by atoms with E-state index in [-0.39, 0.29) is 64.3 Å². The van der Waals surface area contributed by atoms with Crippen LogP contribution in [0.15, 0.2) is 34.1 Å². The Balaban J connectivity index is 1.41. The second-order valence-electron chi connectivity index (χ2n) is 9.02. The highest BCUT2D eigenvalue weighted by atomic mass is 32.2. The molecule has 0 radical (unpaired) electrons. The van der Waals surface area contributed by atoms with Crippen LogP contribution in [0.5, 0.6) is 5.75 Å². The van der Waals surface area contributed by atoms with Crippen LogP contribution in [0.3, 0.4) is 0 Å². The molecule has 0 spiro atoms. The van der Waals surface area contributed by atoms with Gasteiger partial charge in [-0.25, -0.2) is 0 Å². The Morgan fingerprint density at radius 1 is 1.09 bits per heavy atom. The van der Waals surface area contributed by atoms with Crippen molar-refractivity contribution < 1.29 is 24.6 Å². The minimum atomic E-state index is -1.03. The van der Waals surface area contributed by atoms with Crippen LogP contribution >= 0.6 is 23.1 Å². The number of aromatic amines is 1. The van der Waals surface area contributed by atoms with Crippen LogP contribution in [0.25, 0.3) is 0 Å². The van der Waals surface area contributed by atoms with Crippen LogP contribution in [0, 0.1) is 29.6 Å². The summed E-state index contributed by atoms with van der Waals surface area (Å²) in [5.41, 5.74) is 0.984. The number of thiazole rings is 1. The number of nitrogens with one attached hydrogen (secondary N) is 1. The fourth-order valence-corrected chi connectivity index (χ4v) is 9.45. The predicted molar refractivity (Wildman–Crippen MR) is 116 cm³/mol. The molecule has 1 aromatic carbocycles. The predicted octanol–water partition coefficient (Wildman–Crippen LogP) is 2.09. The third-order valence-corrected chi connectivity index (χ3v) is 10.2. The summed E-state index contributed by atoms with van der Waals surface area (Å²) in [4.78, 5) is 54.5. The van der Waals surface area contributed by atoms with Gasteiger partial charge in [-0.15, -0.1) is 11.8 Å². The van der Waals surface area contributed by atoms with Crippen LogP contribution in [-0.4, -0.2) is 49.7 Å². The van der Waals surface area contributed by atoms with Gasteiger partial charge in [0.15, 0.2) is 0 Å². The molecule has 8 nitrogen and oxygen atoms in total. The summed E-state index contributed by atoms with van der Waals surface area (Å²) in [6.45, 7) is -0.0794. The SMILES string of the molecule is O=C(O)CCN1C(=O)[C@@H]2[C@H]3C[C@@H]([C@@H]4Sc5[nH]c(=O)sc5[C@H](c5ccc(O)cc5)[C@@H]34)[C@H]2C1=O. The number of H-pyrrole nitrogens is 1. The lowest BCUT2D eigenvalue weighted by Gasteiger charge is -2.43. The van der Waals surface area contributed by atoms with Gasteiger partial charge < -0.3 is 15.2 Å². The Morgan fingerprint density at radius 2 is 1.78 bits per heavy atom. The summed E-state index contributed by atoms with van der Waals surface area (Å²) in [5, 5.41) is 19.7. The Hall–Kier alpha value is -2.59. The molecular formula is C22H20N2O6S2. The quantitative estimate of drug-likeness (QED) is 0.582. The summed E-state index contributed by atoms with van der Waals surface area (Å²) in [7, 11) is 0. The van der Waals surface area contributed by atoms with Gasteiger partial charge in [-0.05, 0) is 41.9 Å². The van der Waals surface area contributed by atoms with Gasteiger partial charge in [-0.1, -0.05) is 23.5 Å². The molecule has 3 N–H and O–H groups in total. The van der Waals surface area contributed by atoms with Gasteiger partial charge in [-0.3, -0.25) is 24.1 Å². The van der Waals surface area contributed by atoms with E-state index >= 15 is 0 Å². The molecule has 10 heteroatoms. The molecule has 7 atom stereocenters. The van der Waals surface area contributed by atoms with Crippen molar-refractivity contribution in [2.45, 2.75) is 29.0 Å². The van der Waals surface area contributed by atoms with Crippen molar-refractivity contribution >= 4 is 40.9 Å². The number of rotatable bonds is 4. The second-order valence-corrected chi connectivity index (χ2v) is 11.2. The molecule has 1 saturated heterocycles. The minimum absolute atomic E-state index is 0.00191. The van der Waals surface area contributed by atoms with Crippen LogP contribution in [0.4, 0.5) is 0 Å². The molecule has 2 aliphatic carbocycles. The molecule has 4 aliphatic rings. The number of carboxylic acids is 1. The van der Waals surface area contributed by atoms with Crippen LogP contribution in [-0.2, 0) is 14.4 Å². The number of carboxylic acid groups (broad SMARTS) is 1. The topological polar surface area (TPSA) is 128 Å². The Bertz CT molecular complexity index is 1200. The Kier molecular flexibility index (Phi) is 4.36. The number of benzene rings is 1. The first-order valence-corrected chi connectivity index (χ1v) is 12.3. The van der Waals surface area contributed by atoms with Crippen LogP contribution in [0.2, 0.25) is 0 Å². The maximum atomic E-state index is 13.2. The van der Waals surface area contributed by atoms with E-state index in [1.54, 1.807) is 23.9 Å². The minimum Gasteiger partial charge on any atom is -0.508 e. The fourth-order valence-electron chi connectivity index (χ4n) is 6.56. The number of hydrogen-bond acceptors (Lipinski definition) is 7. The molecule has 0 unspecified atom stereocenters. The van der Waals surface area contributed by atoms with Crippen molar-refractivity contribution in [3.05, 3.63) is 44.4 Å². The number of likely N-dealkylation sites (tertiary alicyclic amines) is 1. The second kappa shape index (κ2) is 6.95. The van der Waals surface area contributed by atoms with E-state index in [4.69, 9.17) is 5.11 Å². The number of hydrogen-bond donors (Lipinski definition) is 3. The molecule has 3 fully saturated rings. The largest absolute Gasteiger partial charge is 0.508 e. The highest BCUT2D eigenvalue weighted by Gasteiger charge is 2.69. The van der Waals surface area contributed by atoms with E-state index in [2.05, 4.69) is 4.98 Å². The van der Waals surface area contributed by atoms with Crippen molar-refractivity contribution in [3.8, 4) is 5.75 Å². The van der Waals surface area contributed by atoms with Crippen molar-refractivity contribution in [1.29, 1.82) is 0 Å². The summed E-state index contributed by atoms with van der Waals surface area (Å²) in [5.74, 6) is -2.15. The first-order valence-electron chi connectivity index (χ1n) is 10.6. The third-order valence-electron chi connectivity index (χ3n) is 7.62. The number of phenols is 1. The first kappa shape index (κ1) is 20.0. The normalized spacial score (nSPS) is 34.5. The fraction of sp³-hybridized carbons (Fsp3) is 0.455. The van der Waals surface area contributed by atoms with Crippen LogP contribution in [0.1, 0.15) is 29.2 Å². The monoisotopic (exact) mass is 472 g/mol. The zero-order chi connectivity index (χ0) is 22.3. The number of nitrogens with zero attached hydrogens (tertiary/aromatic N) is 1. The number of aliphatic carboxylic acids is 1. The molecule has 2 aromatic rings. The van der Waals surface area contributed by atoms with Crippen LogP contribution < -0.4 is 4.87 Å². The number of imide groups is 1. The van der Waals surface area contributed by atoms with Crippen molar-refractivity contribution in [3.63, 3.8) is 0 Å². The number of fused-ring (bicyclic) bond motifs is 9. The van der Waals surface area contributed by atoms with E-state index in [1.807, 2.05) is 12.1 Å². The number of carbonyl (C=O) groups is 3. The van der Waals surface area contributed by atoms with Crippen molar-refractivity contribution in [1.82, 2.24) is 9.88 Å². The van der Waals surface area contributed by atoms with E-state index in [0.29, 0.717) is 0 Å². The maximum absolute atomic E-state index is 13.2. The third kappa shape index (κ3) is 2.68. The highest BCUT2D eigenvalue weighted by Crippen LogP contribution is 2.68. The summed E-state index contributed by atoms with van der Waals surface area (Å²) in [6.07, 6.45) is 0.540. The van der Waals surface area contributed by atoms with Gasteiger partial charge in [0.25, 0.3) is 0 Å². The number of aromatic nitrogens is 1. The molecule has 1 aromatic heterocycles. The van der Waals surface area contributed by atoms with Gasteiger partial charge in [0.1, 0.15) is 5.75 Å². The zero-order valence-corrected chi connectivity index (χ0v) is 18.4. The molecule has 2 saturated carbocycles. The average molecular weight is 473 g/mol. The smallest absolute Gasteiger partial charge is 0.305 e. The molecule has 3 heterocycles. The zero-order valence-electron chi connectivity index (χ0n) is 16.8. The molecule has 166 valence electrons. The first-order chi connectivity index (χ1) is 15.3. The number of carbonyl (C=O) groups excluding carboxylic acids is 2. The summed E-state index contributed by atoms with van der Waals surface area (Å²) in [6, 6.07) is 7.00. The summed E-state index contributed by atoms with van der Waals surface area (Å²) < 4.78 is 0. The van der Waals surface area contributed by atoms with E-state index in [0.717, 1.165) is 26.8 Å². The Morgan fingerprint density at radius 3 is 2.47 bits per heavy atom. The number of thioether (sulfide) groups is 1. The molecular weight excluding hydrogens is 452 g/mol. The molecule has 2 amide bonds. The number of phenolic OH excluding ortho intramolecular Hbond substituents is 1. The summed E-state index contributed by atoms with van der Waals surface area (Å²) >= 11 is 2.80. The van der Waals surface area contributed by atoms with Gasteiger partial charge >= 0.3 is 10.8 Å². The highest BCUT2D eigenvalue weighted by molar-refractivity contribution is 8.00. The lowest BCUT2D eigenvalue weighted by molar-refractivity contribution is -0.142. The van der Waals surface area contributed by atoms with Gasteiger partial charge in [0.2, 0.25) is 11.8 Å². The molecule has 6 rings (SSSR count). The molecule has 2 bridgehead atoms. The van der Waals surface area contributed by atoms with E-state index in [1.165, 1.54) is 11.3 Å². The average Bonchev–Trinajstić information content (AvgIpc) is 3.47. The molecule has 2 aliphatic heterocycles.